The molecule has 0 aromatic carbocycles. The minimum atomic E-state index is -1.99. The van der Waals surface area contributed by atoms with Crippen molar-refractivity contribution in [3.05, 3.63) is 0 Å². The summed E-state index contributed by atoms with van der Waals surface area (Å²) in [7, 11) is 0. The van der Waals surface area contributed by atoms with Crippen LogP contribution in [0, 0.1) is 0 Å². The standard InChI is InChI=1S/C28H50N2O20/c1-8-16(37)21(42)23(44)27(46-8)50-25-22(43)19(40)13(5-32)47-28(25)49-24-14(6-33)48-26(15(20(24)41)30-10(3)35)45-7-12(36)18(39)17(38)11(4-31)29-9(2)34/h8,11-28,31-33,36-44H,4-7H2,1-3H3,(H,29,34)(H,30,35)/t8-,11-,12+,13+,14+,15+,16+,17+,18-,19-,20+,21+,22-,23-,24+,25+,26+,27-,28-/m0/s1. The highest BCUT2D eigenvalue weighted by molar-refractivity contribution is 5.73. The van der Waals surface area contributed by atoms with Gasteiger partial charge in [-0.2, -0.15) is 0 Å². The van der Waals surface area contributed by atoms with Crippen molar-refractivity contribution in [2.75, 3.05) is 26.4 Å². The quantitative estimate of drug-likeness (QED) is 0.0742. The van der Waals surface area contributed by atoms with E-state index in [0.29, 0.717) is 0 Å². The molecule has 3 aliphatic rings. The summed E-state index contributed by atoms with van der Waals surface area (Å²) in [5.74, 6) is -1.37. The number of aliphatic hydroxyl groups excluding tert-OH is 12. The number of hydrogen-bond donors (Lipinski definition) is 14. The van der Waals surface area contributed by atoms with E-state index in [2.05, 4.69) is 10.6 Å². The minimum absolute atomic E-state index is 0.641. The molecule has 3 heterocycles. The van der Waals surface area contributed by atoms with Gasteiger partial charge in [0.2, 0.25) is 11.8 Å². The highest BCUT2D eigenvalue weighted by Crippen LogP contribution is 2.33. The summed E-state index contributed by atoms with van der Waals surface area (Å²) in [6, 6.07) is -2.89. The highest BCUT2D eigenvalue weighted by atomic mass is 16.8. The molecule has 0 bridgehead atoms. The van der Waals surface area contributed by atoms with Gasteiger partial charge in [-0.15, -0.1) is 0 Å². The third kappa shape index (κ3) is 10.00. The fourth-order valence-electron chi connectivity index (χ4n) is 5.77. The van der Waals surface area contributed by atoms with Crippen LogP contribution in [0.4, 0.5) is 0 Å². The maximum absolute atomic E-state index is 12.1. The Bertz CT molecular complexity index is 1080. The molecule has 2 amide bonds. The minimum Gasteiger partial charge on any atom is -0.394 e. The van der Waals surface area contributed by atoms with Crippen LogP contribution in [0.1, 0.15) is 20.8 Å². The molecule has 19 atom stereocenters. The molecular formula is C28H50N2O20. The third-order valence-electron chi connectivity index (χ3n) is 8.61. The normalized spacial score (nSPS) is 41.9. The highest BCUT2D eigenvalue weighted by Gasteiger charge is 2.54. The van der Waals surface area contributed by atoms with Crippen molar-refractivity contribution < 1.29 is 99.3 Å². The first-order valence-electron chi connectivity index (χ1n) is 15.8. The Balaban J connectivity index is 1.81. The van der Waals surface area contributed by atoms with E-state index in [-0.39, 0.29) is 0 Å². The van der Waals surface area contributed by atoms with Gasteiger partial charge in [-0.25, -0.2) is 0 Å². The van der Waals surface area contributed by atoms with Crippen LogP contribution in [-0.4, -0.2) is 216 Å². The van der Waals surface area contributed by atoms with Gasteiger partial charge in [0.25, 0.3) is 0 Å². The van der Waals surface area contributed by atoms with E-state index in [1.165, 1.54) is 6.92 Å². The average molecular weight is 735 g/mol. The van der Waals surface area contributed by atoms with E-state index in [1.807, 2.05) is 0 Å². The predicted molar refractivity (Wildman–Crippen MR) is 158 cm³/mol. The average Bonchev–Trinajstić information content (AvgIpc) is 3.07. The number of carbonyl (C=O) groups is 2. The third-order valence-corrected chi connectivity index (χ3v) is 8.61. The number of hydrogen-bond acceptors (Lipinski definition) is 20. The summed E-state index contributed by atoms with van der Waals surface area (Å²) in [6.07, 6.45) is -29.2. The Morgan fingerprint density at radius 2 is 1.28 bits per heavy atom. The molecular weight excluding hydrogens is 684 g/mol. The van der Waals surface area contributed by atoms with Crippen LogP contribution >= 0.6 is 0 Å². The molecule has 22 heteroatoms. The van der Waals surface area contributed by atoms with Gasteiger partial charge in [0, 0.05) is 13.8 Å². The molecule has 0 unspecified atom stereocenters. The van der Waals surface area contributed by atoms with E-state index in [1.54, 1.807) is 0 Å². The molecule has 0 aromatic heterocycles. The molecule has 0 aromatic rings. The number of ether oxygens (including phenoxy) is 6. The maximum Gasteiger partial charge on any atom is 0.217 e. The molecule has 3 aliphatic heterocycles. The van der Waals surface area contributed by atoms with Crippen LogP contribution in [0.5, 0.6) is 0 Å². The number of nitrogens with one attached hydrogen (secondary N) is 2. The zero-order chi connectivity index (χ0) is 37.6. The fraction of sp³-hybridized carbons (Fsp3) is 0.929. The Kier molecular flexibility index (Phi) is 16.0. The topological polar surface area (TPSA) is 356 Å². The van der Waals surface area contributed by atoms with Gasteiger partial charge in [-0.05, 0) is 6.92 Å². The first kappa shape index (κ1) is 42.6. The van der Waals surface area contributed by atoms with Crippen molar-refractivity contribution in [2.45, 2.75) is 137 Å². The lowest BCUT2D eigenvalue weighted by Crippen LogP contribution is -2.68. The lowest BCUT2D eigenvalue weighted by atomic mass is 9.95. The zero-order valence-electron chi connectivity index (χ0n) is 27.4. The lowest BCUT2D eigenvalue weighted by molar-refractivity contribution is -0.383. The van der Waals surface area contributed by atoms with Crippen molar-refractivity contribution in [1.82, 2.24) is 10.6 Å². The van der Waals surface area contributed by atoms with Crippen molar-refractivity contribution in [1.29, 1.82) is 0 Å². The number of aliphatic hydroxyl groups is 12. The Labute approximate surface area is 285 Å². The smallest absolute Gasteiger partial charge is 0.217 e. The first-order valence-corrected chi connectivity index (χ1v) is 15.8. The Morgan fingerprint density at radius 1 is 0.680 bits per heavy atom. The van der Waals surface area contributed by atoms with Crippen molar-refractivity contribution in [3.63, 3.8) is 0 Å². The van der Waals surface area contributed by atoms with Crippen LogP contribution in [0.2, 0.25) is 0 Å². The molecule has 3 saturated heterocycles. The summed E-state index contributed by atoms with van der Waals surface area (Å²) in [4.78, 5) is 23.4. The number of amides is 2. The van der Waals surface area contributed by atoms with Gasteiger partial charge in [0.05, 0.1) is 38.6 Å². The van der Waals surface area contributed by atoms with Gasteiger partial charge < -0.3 is 100 Å². The summed E-state index contributed by atoms with van der Waals surface area (Å²) in [5.41, 5.74) is 0. The van der Waals surface area contributed by atoms with Crippen LogP contribution in [0.25, 0.3) is 0 Å². The number of rotatable bonds is 15. The summed E-state index contributed by atoms with van der Waals surface area (Å²) in [6.45, 7) is 0.171. The molecule has 0 aliphatic carbocycles. The molecule has 0 spiro atoms. The largest absolute Gasteiger partial charge is 0.394 e. The van der Waals surface area contributed by atoms with Crippen LogP contribution in [0.15, 0.2) is 0 Å². The SMILES string of the molecule is CC(=O)N[C@H]1[C@H](OC[C@@H](O)[C@H](O)[C@H](O)[C@H](CO)NC(C)=O)O[C@H](CO)[C@@H](O[C@@H]2O[C@H](CO)[C@H](O)[C@H](O)[C@H]2O[C@@H]2O[C@@H](C)[C@@H](O)[C@@H](O)[C@@H]2O)[C@@H]1O. The predicted octanol–water partition coefficient (Wildman–Crippen LogP) is -8.80. The zero-order valence-corrected chi connectivity index (χ0v) is 27.4. The van der Waals surface area contributed by atoms with E-state index < -0.39 is 155 Å². The van der Waals surface area contributed by atoms with Gasteiger partial charge in [-0.3, -0.25) is 9.59 Å². The van der Waals surface area contributed by atoms with E-state index >= 15 is 0 Å². The summed E-state index contributed by atoms with van der Waals surface area (Å²) >= 11 is 0. The number of carbonyl (C=O) groups excluding carboxylic acids is 2. The first-order chi connectivity index (χ1) is 23.5. The van der Waals surface area contributed by atoms with Crippen molar-refractivity contribution >= 4 is 11.8 Å². The van der Waals surface area contributed by atoms with Crippen LogP contribution < -0.4 is 10.6 Å². The summed E-state index contributed by atoms with van der Waals surface area (Å²) in [5, 5.41) is 129. The van der Waals surface area contributed by atoms with Gasteiger partial charge in [0.1, 0.15) is 85.4 Å². The second-order valence-electron chi connectivity index (χ2n) is 12.4. The molecule has 3 rings (SSSR count). The monoisotopic (exact) mass is 734 g/mol. The second kappa shape index (κ2) is 18.8. The fourth-order valence-corrected chi connectivity index (χ4v) is 5.77. The van der Waals surface area contributed by atoms with E-state index in [4.69, 9.17) is 28.4 Å². The van der Waals surface area contributed by atoms with Crippen molar-refractivity contribution in [3.8, 4) is 0 Å². The van der Waals surface area contributed by atoms with Gasteiger partial charge in [-0.1, -0.05) is 0 Å². The van der Waals surface area contributed by atoms with Gasteiger partial charge in [0.15, 0.2) is 18.9 Å². The van der Waals surface area contributed by atoms with Crippen LogP contribution in [-0.2, 0) is 38.0 Å². The molecule has 0 saturated carbocycles. The molecule has 292 valence electrons. The molecule has 50 heavy (non-hydrogen) atoms. The molecule has 0 radical (unpaired) electrons. The molecule has 22 nitrogen and oxygen atoms in total. The maximum atomic E-state index is 12.1. The lowest BCUT2D eigenvalue weighted by Gasteiger charge is -2.49. The molecule has 3 fully saturated rings. The summed E-state index contributed by atoms with van der Waals surface area (Å²) < 4.78 is 33.8. The molecule has 14 N–H and O–H groups in total. The van der Waals surface area contributed by atoms with E-state index in [0.717, 1.165) is 13.8 Å². The second-order valence-corrected chi connectivity index (χ2v) is 12.4. The van der Waals surface area contributed by atoms with Crippen molar-refractivity contribution in [2.24, 2.45) is 0 Å². The van der Waals surface area contributed by atoms with Gasteiger partial charge >= 0.3 is 0 Å². The van der Waals surface area contributed by atoms with E-state index in [9.17, 15) is 70.9 Å². The Hall–Kier alpha value is -1.78. The van der Waals surface area contributed by atoms with Crippen LogP contribution in [0.3, 0.4) is 0 Å². The Morgan fingerprint density at radius 3 is 1.84 bits per heavy atom.